The van der Waals surface area contributed by atoms with E-state index < -0.39 is 0 Å². The SMILES string of the molecule is CCCCCC(C)(CN)N1CCC2(CCCC2)C1. The molecule has 1 atom stereocenters. The van der Waals surface area contributed by atoms with Crippen molar-refractivity contribution in [3.63, 3.8) is 0 Å². The average molecular weight is 252 g/mol. The molecule has 2 N–H and O–H groups in total. The molecule has 2 aliphatic rings. The quantitative estimate of drug-likeness (QED) is 0.733. The lowest BCUT2D eigenvalue weighted by Gasteiger charge is -2.39. The molecule has 2 fully saturated rings. The highest BCUT2D eigenvalue weighted by atomic mass is 15.2. The first kappa shape index (κ1) is 14.3. The van der Waals surface area contributed by atoms with Crippen LogP contribution in [-0.4, -0.2) is 30.1 Å². The Labute approximate surface area is 113 Å². The fraction of sp³-hybridized carbons (Fsp3) is 1.00. The molecule has 0 radical (unpaired) electrons. The van der Waals surface area contributed by atoms with Crippen LogP contribution >= 0.6 is 0 Å². The maximum atomic E-state index is 6.11. The van der Waals surface area contributed by atoms with Gasteiger partial charge in [0, 0.05) is 18.6 Å². The van der Waals surface area contributed by atoms with Crippen LogP contribution in [0.15, 0.2) is 0 Å². The molecule has 1 saturated heterocycles. The summed E-state index contributed by atoms with van der Waals surface area (Å²) in [7, 11) is 0. The zero-order valence-electron chi connectivity index (χ0n) is 12.5. The van der Waals surface area contributed by atoms with Crippen molar-refractivity contribution in [2.45, 2.75) is 77.2 Å². The van der Waals surface area contributed by atoms with E-state index in [1.54, 1.807) is 0 Å². The van der Waals surface area contributed by atoms with E-state index in [4.69, 9.17) is 5.73 Å². The number of hydrogen-bond acceptors (Lipinski definition) is 2. The summed E-state index contributed by atoms with van der Waals surface area (Å²) in [5.41, 5.74) is 7.06. The molecule has 0 bridgehead atoms. The Hall–Kier alpha value is -0.0800. The molecule has 2 heteroatoms. The molecular weight excluding hydrogens is 220 g/mol. The smallest absolute Gasteiger partial charge is 0.0303 e. The summed E-state index contributed by atoms with van der Waals surface area (Å²) in [6.45, 7) is 8.12. The third-order valence-electron chi connectivity index (χ3n) is 5.62. The summed E-state index contributed by atoms with van der Waals surface area (Å²) in [4.78, 5) is 2.73. The van der Waals surface area contributed by atoms with E-state index in [2.05, 4.69) is 18.7 Å². The topological polar surface area (TPSA) is 29.3 Å². The average Bonchev–Trinajstić information content (AvgIpc) is 3.01. The second-order valence-electron chi connectivity index (χ2n) is 7.04. The monoisotopic (exact) mass is 252 g/mol. The van der Waals surface area contributed by atoms with Crippen LogP contribution in [0.2, 0.25) is 0 Å². The van der Waals surface area contributed by atoms with Crippen molar-refractivity contribution >= 4 is 0 Å². The lowest BCUT2D eigenvalue weighted by Crippen LogP contribution is -2.51. The lowest BCUT2D eigenvalue weighted by atomic mass is 9.85. The van der Waals surface area contributed by atoms with Gasteiger partial charge in [-0.2, -0.15) is 0 Å². The van der Waals surface area contributed by atoms with E-state index in [-0.39, 0.29) is 5.54 Å². The van der Waals surface area contributed by atoms with Gasteiger partial charge in [-0.25, -0.2) is 0 Å². The van der Waals surface area contributed by atoms with E-state index in [0.29, 0.717) is 5.41 Å². The molecule has 18 heavy (non-hydrogen) atoms. The van der Waals surface area contributed by atoms with Crippen LogP contribution in [0.3, 0.4) is 0 Å². The number of rotatable bonds is 6. The minimum Gasteiger partial charge on any atom is -0.329 e. The Kier molecular flexibility index (Phi) is 4.71. The van der Waals surface area contributed by atoms with Crippen molar-refractivity contribution in [1.82, 2.24) is 4.90 Å². The summed E-state index contributed by atoms with van der Waals surface area (Å²) in [5.74, 6) is 0. The third-order valence-corrected chi connectivity index (χ3v) is 5.62. The van der Waals surface area contributed by atoms with Gasteiger partial charge in [-0.15, -0.1) is 0 Å². The number of nitrogens with two attached hydrogens (primary N) is 1. The molecule has 106 valence electrons. The van der Waals surface area contributed by atoms with Gasteiger partial charge in [0.25, 0.3) is 0 Å². The standard InChI is InChI=1S/C16H32N2/c1-3-4-5-8-15(2,13-17)18-12-11-16(14-18)9-6-7-10-16/h3-14,17H2,1-2H3. The highest BCUT2D eigenvalue weighted by Crippen LogP contribution is 2.47. The maximum Gasteiger partial charge on any atom is 0.0303 e. The molecule has 1 aliphatic heterocycles. The molecule has 1 heterocycles. The molecule has 0 aromatic heterocycles. The van der Waals surface area contributed by atoms with Gasteiger partial charge in [0.15, 0.2) is 0 Å². The predicted octanol–water partition coefficient (Wildman–Crippen LogP) is 3.55. The first-order valence-corrected chi connectivity index (χ1v) is 8.09. The molecule has 1 spiro atoms. The van der Waals surface area contributed by atoms with Gasteiger partial charge in [0.2, 0.25) is 0 Å². The fourth-order valence-corrected chi connectivity index (χ4v) is 4.07. The van der Waals surface area contributed by atoms with Crippen molar-refractivity contribution in [2.24, 2.45) is 11.1 Å². The summed E-state index contributed by atoms with van der Waals surface area (Å²) < 4.78 is 0. The van der Waals surface area contributed by atoms with Crippen molar-refractivity contribution in [1.29, 1.82) is 0 Å². The van der Waals surface area contributed by atoms with E-state index in [1.165, 1.54) is 70.9 Å². The Balaban J connectivity index is 1.92. The molecule has 1 saturated carbocycles. The zero-order chi connectivity index (χ0) is 13.1. The lowest BCUT2D eigenvalue weighted by molar-refractivity contribution is 0.111. The Morgan fingerprint density at radius 3 is 2.50 bits per heavy atom. The van der Waals surface area contributed by atoms with Crippen LogP contribution in [0.25, 0.3) is 0 Å². The highest BCUT2D eigenvalue weighted by molar-refractivity contribution is 4.99. The minimum absolute atomic E-state index is 0.265. The normalized spacial score (nSPS) is 26.8. The zero-order valence-corrected chi connectivity index (χ0v) is 12.5. The van der Waals surface area contributed by atoms with E-state index >= 15 is 0 Å². The number of hydrogen-bond donors (Lipinski definition) is 1. The predicted molar refractivity (Wildman–Crippen MR) is 78.7 cm³/mol. The molecule has 0 aromatic carbocycles. The Morgan fingerprint density at radius 1 is 1.17 bits per heavy atom. The molecule has 0 aromatic rings. The molecule has 1 aliphatic carbocycles. The summed E-state index contributed by atoms with van der Waals surface area (Å²) in [6.07, 6.45) is 12.6. The minimum atomic E-state index is 0.265. The number of unbranched alkanes of at least 4 members (excludes halogenated alkanes) is 2. The van der Waals surface area contributed by atoms with Crippen LogP contribution < -0.4 is 5.73 Å². The van der Waals surface area contributed by atoms with Gasteiger partial charge in [-0.05, 0) is 44.6 Å². The first-order chi connectivity index (χ1) is 8.64. The third kappa shape index (κ3) is 2.91. The van der Waals surface area contributed by atoms with E-state index in [1.807, 2.05) is 0 Å². The summed E-state index contributed by atoms with van der Waals surface area (Å²) in [5, 5.41) is 0. The van der Waals surface area contributed by atoms with Crippen LogP contribution in [0.4, 0.5) is 0 Å². The Bertz CT molecular complexity index is 258. The largest absolute Gasteiger partial charge is 0.329 e. The molecular formula is C16H32N2. The van der Waals surface area contributed by atoms with Gasteiger partial charge in [-0.3, -0.25) is 4.90 Å². The van der Waals surface area contributed by atoms with Crippen molar-refractivity contribution < 1.29 is 0 Å². The molecule has 2 nitrogen and oxygen atoms in total. The summed E-state index contributed by atoms with van der Waals surface area (Å²) in [6, 6.07) is 0. The van der Waals surface area contributed by atoms with Crippen LogP contribution in [0.1, 0.15) is 71.6 Å². The van der Waals surface area contributed by atoms with Crippen LogP contribution in [0.5, 0.6) is 0 Å². The summed E-state index contributed by atoms with van der Waals surface area (Å²) >= 11 is 0. The molecule has 2 rings (SSSR count). The number of nitrogens with zero attached hydrogens (tertiary/aromatic N) is 1. The van der Waals surface area contributed by atoms with Gasteiger partial charge in [0.05, 0.1) is 0 Å². The van der Waals surface area contributed by atoms with Gasteiger partial charge in [0.1, 0.15) is 0 Å². The second kappa shape index (κ2) is 5.92. The fourth-order valence-electron chi connectivity index (χ4n) is 4.07. The van der Waals surface area contributed by atoms with Crippen molar-refractivity contribution in [2.75, 3.05) is 19.6 Å². The van der Waals surface area contributed by atoms with Crippen molar-refractivity contribution in [3.05, 3.63) is 0 Å². The molecule has 0 amide bonds. The van der Waals surface area contributed by atoms with E-state index in [0.717, 1.165) is 6.54 Å². The van der Waals surface area contributed by atoms with E-state index in [9.17, 15) is 0 Å². The van der Waals surface area contributed by atoms with Crippen LogP contribution in [0, 0.1) is 5.41 Å². The highest BCUT2D eigenvalue weighted by Gasteiger charge is 2.44. The first-order valence-electron chi connectivity index (χ1n) is 8.09. The van der Waals surface area contributed by atoms with Gasteiger partial charge >= 0.3 is 0 Å². The number of likely N-dealkylation sites (tertiary alicyclic amines) is 1. The van der Waals surface area contributed by atoms with Gasteiger partial charge in [-0.1, -0.05) is 39.0 Å². The maximum absolute atomic E-state index is 6.11. The van der Waals surface area contributed by atoms with Gasteiger partial charge < -0.3 is 5.73 Å². The second-order valence-corrected chi connectivity index (χ2v) is 7.04. The van der Waals surface area contributed by atoms with Crippen LogP contribution in [-0.2, 0) is 0 Å². The molecule has 1 unspecified atom stereocenters. The Morgan fingerprint density at radius 2 is 1.89 bits per heavy atom. The van der Waals surface area contributed by atoms with Crippen molar-refractivity contribution in [3.8, 4) is 0 Å².